The van der Waals surface area contributed by atoms with E-state index in [-0.39, 0.29) is 0 Å². The topological polar surface area (TPSA) is 38.2 Å². The summed E-state index contributed by atoms with van der Waals surface area (Å²) in [6, 6.07) is 13.6. The number of benzene rings is 1. The third-order valence-corrected chi connectivity index (χ3v) is 6.65. The van der Waals surface area contributed by atoms with Crippen molar-refractivity contribution in [2.24, 2.45) is 5.92 Å². The van der Waals surface area contributed by atoms with Gasteiger partial charge in [-0.3, -0.25) is 0 Å². The zero-order valence-corrected chi connectivity index (χ0v) is 15.8. The first-order valence-corrected chi connectivity index (χ1v) is 10.4. The summed E-state index contributed by atoms with van der Waals surface area (Å²) in [6.45, 7) is 4.83. The van der Waals surface area contributed by atoms with Gasteiger partial charge in [-0.25, -0.2) is 9.97 Å². The summed E-state index contributed by atoms with van der Waals surface area (Å²) in [6.07, 6.45) is 1.94. The highest BCUT2D eigenvalue weighted by Crippen LogP contribution is 2.44. The first kappa shape index (κ1) is 16.2. The van der Waals surface area contributed by atoms with E-state index in [1.54, 1.807) is 11.3 Å². The minimum absolute atomic E-state index is 0.496. The fourth-order valence-electron chi connectivity index (χ4n) is 4.56. The third kappa shape index (κ3) is 2.61. The fraction of sp³-hybridized carbons (Fsp3) is 0.429. The van der Waals surface area contributed by atoms with Gasteiger partial charge in [0.2, 0.25) is 0 Å². The number of nitrogens with zero attached hydrogens (tertiary/aromatic N) is 3. The second-order valence-electron chi connectivity index (χ2n) is 7.22. The Balaban J connectivity index is 1.60. The Morgan fingerprint density at radius 2 is 2.08 bits per heavy atom. The number of ether oxygens (including phenoxy) is 1. The maximum atomic E-state index is 5.88. The van der Waals surface area contributed by atoms with Gasteiger partial charge in [-0.05, 0) is 23.4 Å². The highest BCUT2D eigenvalue weighted by molar-refractivity contribution is 7.16. The van der Waals surface area contributed by atoms with Gasteiger partial charge in [0, 0.05) is 37.5 Å². The lowest BCUT2D eigenvalue weighted by Crippen LogP contribution is -2.39. The lowest BCUT2D eigenvalue weighted by molar-refractivity contribution is 0.0462. The number of aryl methyl sites for hydroxylation is 1. The standard InChI is InChI=1S/C21H23N3OS/c1-2-19-22-20(15-9-11-26-21(15)23-19)24-12-16(14-6-4-3-5-7-14)17-13-25-10-8-18(17)24/h3-7,9,11,16-18H,2,8,10,12-13H2,1H3/t16-,17-,18-/m1/s1. The molecule has 2 saturated heterocycles. The van der Waals surface area contributed by atoms with E-state index in [0.717, 1.165) is 49.1 Å². The molecule has 2 aromatic heterocycles. The molecule has 2 aliphatic rings. The molecule has 4 heterocycles. The van der Waals surface area contributed by atoms with Crippen LogP contribution in [0.1, 0.15) is 30.7 Å². The van der Waals surface area contributed by atoms with Gasteiger partial charge in [-0.15, -0.1) is 11.3 Å². The van der Waals surface area contributed by atoms with Crippen LogP contribution in [0.3, 0.4) is 0 Å². The smallest absolute Gasteiger partial charge is 0.141 e. The second-order valence-corrected chi connectivity index (χ2v) is 8.12. The molecule has 1 aromatic carbocycles. The van der Waals surface area contributed by atoms with Crippen molar-refractivity contribution in [1.29, 1.82) is 0 Å². The summed E-state index contributed by atoms with van der Waals surface area (Å²) in [4.78, 5) is 13.4. The molecule has 4 nitrogen and oxygen atoms in total. The quantitative estimate of drug-likeness (QED) is 0.695. The summed E-state index contributed by atoms with van der Waals surface area (Å²) in [5, 5.41) is 3.33. The Hall–Kier alpha value is -1.98. The summed E-state index contributed by atoms with van der Waals surface area (Å²) in [5.74, 6) is 3.10. The molecule has 0 spiro atoms. The van der Waals surface area contributed by atoms with Crippen LogP contribution in [0, 0.1) is 5.92 Å². The van der Waals surface area contributed by atoms with Gasteiger partial charge in [0.1, 0.15) is 16.5 Å². The van der Waals surface area contributed by atoms with E-state index in [0.29, 0.717) is 17.9 Å². The Labute approximate surface area is 157 Å². The highest BCUT2D eigenvalue weighted by atomic mass is 32.1. The van der Waals surface area contributed by atoms with E-state index >= 15 is 0 Å². The minimum atomic E-state index is 0.496. The van der Waals surface area contributed by atoms with Gasteiger partial charge in [0.25, 0.3) is 0 Å². The van der Waals surface area contributed by atoms with Crippen molar-refractivity contribution in [2.45, 2.75) is 31.7 Å². The Morgan fingerprint density at radius 1 is 1.19 bits per heavy atom. The van der Waals surface area contributed by atoms with Crippen molar-refractivity contribution >= 4 is 27.4 Å². The number of fused-ring (bicyclic) bond motifs is 2. The van der Waals surface area contributed by atoms with Crippen LogP contribution in [0.4, 0.5) is 5.82 Å². The maximum absolute atomic E-state index is 5.88. The Bertz CT molecular complexity index is 910. The molecule has 0 bridgehead atoms. The number of thiophene rings is 1. The second kappa shape index (κ2) is 6.63. The molecule has 2 aliphatic heterocycles. The third-order valence-electron chi connectivity index (χ3n) is 5.84. The summed E-state index contributed by atoms with van der Waals surface area (Å²) >= 11 is 1.71. The largest absolute Gasteiger partial charge is 0.381 e. The van der Waals surface area contributed by atoms with Crippen molar-refractivity contribution in [3.63, 3.8) is 0 Å². The molecule has 5 heteroatoms. The number of hydrogen-bond acceptors (Lipinski definition) is 5. The average molecular weight is 366 g/mol. The monoisotopic (exact) mass is 365 g/mol. The molecule has 0 unspecified atom stereocenters. The van der Waals surface area contributed by atoms with E-state index in [1.807, 2.05) is 0 Å². The van der Waals surface area contributed by atoms with Gasteiger partial charge < -0.3 is 9.64 Å². The molecule has 5 rings (SSSR count). The molecule has 3 aromatic rings. The van der Waals surface area contributed by atoms with Crippen LogP contribution in [0.2, 0.25) is 0 Å². The van der Waals surface area contributed by atoms with E-state index in [2.05, 4.69) is 53.6 Å². The fourth-order valence-corrected chi connectivity index (χ4v) is 5.34. The Kier molecular flexibility index (Phi) is 4.14. The zero-order chi connectivity index (χ0) is 17.5. The molecule has 26 heavy (non-hydrogen) atoms. The van der Waals surface area contributed by atoms with Crippen LogP contribution >= 0.6 is 11.3 Å². The molecular weight excluding hydrogens is 342 g/mol. The normalized spacial score (nSPS) is 25.6. The molecule has 0 N–H and O–H groups in total. The zero-order valence-electron chi connectivity index (χ0n) is 15.0. The molecule has 2 fully saturated rings. The van der Waals surface area contributed by atoms with Crippen LogP contribution in [-0.2, 0) is 11.2 Å². The molecule has 0 amide bonds. The maximum Gasteiger partial charge on any atom is 0.141 e. The van der Waals surface area contributed by atoms with Gasteiger partial charge in [-0.1, -0.05) is 37.3 Å². The van der Waals surface area contributed by atoms with Crippen LogP contribution in [0.5, 0.6) is 0 Å². The lowest BCUT2D eigenvalue weighted by Gasteiger charge is -2.33. The van der Waals surface area contributed by atoms with Crippen LogP contribution in [0.15, 0.2) is 41.8 Å². The van der Waals surface area contributed by atoms with E-state index in [4.69, 9.17) is 14.7 Å². The molecule has 3 atom stereocenters. The van der Waals surface area contributed by atoms with Crippen LogP contribution < -0.4 is 4.90 Å². The number of hydrogen-bond donors (Lipinski definition) is 0. The Morgan fingerprint density at radius 3 is 2.92 bits per heavy atom. The summed E-state index contributed by atoms with van der Waals surface area (Å²) < 4.78 is 5.88. The predicted octanol–water partition coefficient (Wildman–Crippen LogP) is 4.26. The van der Waals surface area contributed by atoms with Gasteiger partial charge in [-0.2, -0.15) is 0 Å². The van der Waals surface area contributed by atoms with E-state index in [9.17, 15) is 0 Å². The number of anilines is 1. The minimum Gasteiger partial charge on any atom is -0.381 e. The summed E-state index contributed by atoms with van der Waals surface area (Å²) in [7, 11) is 0. The molecule has 0 saturated carbocycles. The number of aromatic nitrogens is 2. The number of rotatable bonds is 3. The van der Waals surface area contributed by atoms with Crippen LogP contribution in [0.25, 0.3) is 10.2 Å². The molecule has 0 aliphatic carbocycles. The van der Waals surface area contributed by atoms with E-state index < -0.39 is 0 Å². The van der Waals surface area contributed by atoms with Crippen LogP contribution in [-0.4, -0.2) is 35.8 Å². The van der Waals surface area contributed by atoms with Crippen molar-refractivity contribution in [3.05, 3.63) is 53.2 Å². The first-order valence-electron chi connectivity index (χ1n) is 9.48. The molecule has 134 valence electrons. The van der Waals surface area contributed by atoms with Gasteiger partial charge >= 0.3 is 0 Å². The van der Waals surface area contributed by atoms with Crippen molar-refractivity contribution < 1.29 is 4.74 Å². The van der Waals surface area contributed by atoms with Crippen molar-refractivity contribution in [2.75, 3.05) is 24.7 Å². The highest BCUT2D eigenvalue weighted by Gasteiger charge is 2.45. The SMILES string of the molecule is CCc1nc(N2C[C@H](c3ccccc3)[C@H]3COCC[C@H]32)c2ccsc2n1. The molecular formula is C21H23N3OS. The lowest BCUT2D eigenvalue weighted by atomic mass is 9.84. The van der Waals surface area contributed by atoms with Gasteiger partial charge in [0.15, 0.2) is 0 Å². The predicted molar refractivity (Wildman–Crippen MR) is 106 cm³/mol. The van der Waals surface area contributed by atoms with Crippen molar-refractivity contribution in [1.82, 2.24) is 9.97 Å². The average Bonchev–Trinajstić information content (AvgIpc) is 3.32. The molecule has 0 radical (unpaired) electrons. The summed E-state index contributed by atoms with van der Waals surface area (Å²) in [5.41, 5.74) is 1.42. The van der Waals surface area contributed by atoms with Crippen molar-refractivity contribution in [3.8, 4) is 0 Å². The van der Waals surface area contributed by atoms with E-state index in [1.165, 1.54) is 10.9 Å². The first-order chi connectivity index (χ1) is 12.8. The van der Waals surface area contributed by atoms with Gasteiger partial charge in [0.05, 0.1) is 12.0 Å².